The summed E-state index contributed by atoms with van der Waals surface area (Å²) in [5, 5.41) is 15.0. The molecule has 0 aliphatic rings. The molecule has 2 rings (SSSR count). The smallest absolute Gasteiger partial charge is 0.206 e. The van der Waals surface area contributed by atoms with Crippen molar-refractivity contribution in [1.82, 2.24) is 15.2 Å². The quantitative estimate of drug-likeness (QED) is 0.858. The first kappa shape index (κ1) is 15.4. The summed E-state index contributed by atoms with van der Waals surface area (Å²) in [6.07, 6.45) is 0.974. The van der Waals surface area contributed by atoms with E-state index in [1.165, 1.54) is 9.88 Å². The lowest BCUT2D eigenvalue weighted by molar-refractivity contribution is 0.687. The number of hydrogen-bond donors (Lipinski definition) is 1. The van der Waals surface area contributed by atoms with Gasteiger partial charge in [0.15, 0.2) is 5.01 Å². The van der Waals surface area contributed by atoms with Gasteiger partial charge in [0.1, 0.15) is 0 Å². The third-order valence-electron chi connectivity index (χ3n) is 2.83. The van der Waals surface area contributed by atoms with Gasteiger partial charge in [-0.1, -0.05) is 46.0 Å². The summed E-state index contributed by atoms with van der Waals surface area (Å²) >= 11 is 3.37. The molecule has 0 amide bonds. The van der Waals surface area contributed by atoms with Crippen LogP contribution in [0.5, 0.6) is 0 Å². The molecule has 0 aliphatic heterocycles. The second-order valence-electron chi connectivity index (χ2n) is 5.52. The zero-order valence-electron chi connectivity index (χ0n) is 12.7. The van der Waals surface area contributed by atoms with Gasteiger partial charge in [0.2, 0.25) is 5.13 Å². The van der Waals surface area contributed by atoms with E-state index in [2.05, 4.69) is 50.1 Å². The lowest BCUT2D eigenvalue weighted by Crippen LogP contribution is -2.07. The number of rotatable bonds is 6. The number of aryl methyl sites for hydroxylation is 1. The highest BCUT2D eigenvalue weighted by atomic mass is 32.1. The van der Waals surface area contributed by atoms with Gasteiger partial charge in [0.25, 0.3) is 0 Å². The lowest BCUT2D eigenvalue weighted by atomic mass is 10.1. The minimum Gasteiger partial charge on any atom is -0.360 e. The molecule has 110 valence electrons. The van der Waals surface area contributed by atoms with Crippen LogP contribution >= 0.6 is 22.7 Å². The van der Waals surface area contributed by atoms with Crippen molar-refractivity contribution in [2.45, 2.75) is 47.0 Å². The molecule has 2 heterocycles. The molecule has 4 nitrogen and oxygen atoms in total. The Morgan fingerprint density at radius 1 is 1.10 bits per heavy atom. The number of nitrogens with one attached hydrogen (secondary N) is 1. The van der Waals surface area contributed by atoms with E-state index in [-0.39, 0.29) is 0 Å². The van der Waals surface area contributed by atoms with Gasteiger partial charge in [-0.25, -0.2) is 4.98 Å². The van der Waals surface area contributed by atoms with E-state index in [4.69, 9.17) is 4.98 Å². The first-order valence-electron chi connectivity index (χ1n) is 7.08. The van der Waals surface area contributed by atoms with Crippen molar-refractivity contribution in [3.63, 3.8) is 0 Å². The Morgan fingerprint density at radius 3 is 2.45 bits per heavy atom. The van der Waals surface area contributed by atoms with Crippen molar-refractivity contribution < 1.29 is 0 Å². The molecular weight excluding hydrogens is 288 g/mol. The molecule has 0 bridgehead atoms. The van der Waals surface area contributed by atoms with Crippen LogP contribution in [0.25, 0.3) is 9.88 Å². The van der Waals surface area contributed by atoms with Crippen molar-refractivity contribution >= 4 is 27.8 Å². The Bertz CT molecular complexity index is 557. The van der Waals surface area contributed by atoms with Crippen LogP contribution in [-0.2, 0) is 6.42 Å². The van der Waals surface area contributed by atoms with E-state index >= 15 is 0 Å². The van der Waals surface area contributed by atoms with Gasteiger partial charge in [-0.2, -0.15) is 0 Å². The van der Waals surface area contributed by atoms with E-state index < -0.39 is 0 Å². The Kier molecular flexibility index (Phi) is 5.10. The van der Waals surface area contributed by atoms with Crippen LogP contribution in [-0.4, -0.2) is 21.7 Å². The predicted molar refractivity (Wildman–Crippen MR) is 87.8 cm³/mol. The molecular formula is C14H22N4S2. The molecule has 0 aliphatic carbocycles. The maximum atomic E-state index is 4.73. The summed E-state index contributed by atoms with van der Waals surface area (Å²) in [4.78, 5) is 5.91. The van der Waals surface area contributed by atoms with Crippen LogP contribution in [0.3, 0.4) is 0 Å². The average Bonchev–Trinajstić information content (AvgIpc) is 3.02. The zero-order valence-corrected chi connectivity index (χ0v) is 14.4. The number of anilines is 1. The molecule has 0 unspecified atom stereocenters. The second kappa shape index (κ2) is 6.63. The Labute approximate surface area is 128 Å². The van der Waals surface area contributed by atoms with Gasteiger partial charge in [-0.05, 0) is 18.3 Å². The van der Waals surface area contributed by atoms with Crippen molar-refractivity contribution in [2.24, 2.45) is 5.92 Å². The number of nitrogens with zero attached hydrogens (tertiary/aromatic N) is 3. The zero-order chi connectivity index (χ0) is 14.7. The third kappa shape index (κ3) is 3.55. The molecule has 0 atom stereocenters. The Hall–Kier alpha value is -1.01. The minimum absolute atomic E-state index is 0.414. The molecule has 0 fully saturated rings. The van der Waals surface area contributed by atoms with Gasteiger partial charge in [-0.3, -0.25) is 0 Å². The Morgan fingerprint density at radius 2 is 1.85 bits per heavy atom. The number of thiazole rings is 1. The van der Waals surface area contributed by atoms with Crippen molar-refractivity contribution in [3.05, 3.63) is 10.7 Å². The van der Waals surface area contributed by atoms with E-state index in [9.17, 15) is 0 Å². The molecule has 2 aromatic heterocycles. The normalized spacial score (nSPS) is 11.6. The highest BCUT2D eigenvalue weighted by Crippen LogP contribution is 2.37. The molecule has 0 aromatic carbocycles. The van der Waals surface area contributed by atoms with Gasteiger partial charge >= 0.3 is 0 Å². The van der Waals surface area contributed by atoms with Crippen LogP contribution in [0.2, 0.25) is 0 Å². The van der Waals surface area contributed by atoms with Gasteiger partial charge in [-0.15, -0.1) is 21.5 Å². The highest BCUT2D eigenvalue weighted by molar-refractivity contribution is 7.23. The molecule has 0 saturated carbocycles. The monoisotopic (exact) mass is 310 g/mol. The van der Waals surface area contributed by atoms with Crippen LogP contribution in [0.4, 0.5) is 5.13 Å². The SMILES string of the molecule is CCc1nc(C(C)C)c(-c2nnc(NCC(C)C)s2)s1. The largest absolute Gasteiger partial charge is 0.360 e. The van der Waals surface area contributed by atoms with Crippen LogP contribution < -0.4 is 5.32 Å². The number of aromatic nitrogens is 3. The van der Waals surface area contributed by atoms with E-state index in [1.807, 2.05) is 0 Å². The summed E-state index contributed by atoms with van der Waals surface area (Å²) in [6.45, 7) is 11.8. The topological polar surface area (TPSA) is 50.7 Å². The van der Waals surface area contributed by atoms with Crippen LogP contribution in [0.15, 0.2) is 0 Å². The molecule has 2 aromatic rings. The summed E-state index contributed by atoms with van der Waals surface area (Å²) in [5.41, 5.74) is 1.15. The summed E-state index contributed by atoms with van der Waals surface area (Å²) < 4.78 is 0. The van der Waals surface area contributed by atoms with E-state index in [0.29, 0.717) is 11.8 Å². The first-order valence-corrected chi connectivity index (χ1v) is 8.71. The van der Waals surface area contributed by atoms with Crippen molar-refractivity contribution in [2.75, 3.05) is 11.9 Å². The maximum absolute atomic E-state index is 4.73. The fraction of sp³-hybridized carbons (Fsp3) is 0.643. The fourth-order valence-electron chi connectivity index (χ4n) is 1.75. The van der Waals surface area contributed by atoms with E-state index in [1.54, 1.807) is 22.7 Å². The summed E-state index contributed by atoms with van der Waals surface area (Å²) in [6, 6.07) is 0. The highest BCUT2D eigenvalue weighted by Gasteiger charge is 2.18. The maximum Gasteiger partial charge on any atom is 0.206 e. The Balaban J connectivity index is 2.25. The number of hydrogen-bond acceptors (Lipinski definition) is 6. The van der Waals surface area contributed by atoms with Gasteiger partial charge in [0, 0.05) is 6.54 Å². The summed E-state index contributed by atoms with van der Waals surface area (Å²) in [7, 11) is 0. The predicted octanol–water partition coefficient (Wildman–Crippen LogP) is 4.42. The van der Waals surface area contributed by atoms with Crippen LogP contribution in [0.1, 0.15) is 51.2 Å². The molecule has 0 radical (unpaired) electrons. The van der Waals surface area contributed by atoms with Crippen LogP contribution in [0, 0.1) is 5.92 Å². The third-order valence-corrected chi connectivity index (χ3v) is 5.08. The molecule has 6 heteroatoms. The van der Waals surface area contributed by atoms with Gasteiger partial charge in [0.05, 0.1) is 15.6 Å². The molecule has 20 heavy (non-hydrogen) atoms. The minimum atomic E-state index is 0.414. The van der Waals surface area contributed by atoms with Gasteiger partial charge < -0.3 is 5.32 Å². The lowest BCUT2D eigenvalue weighted by Gasteiger charge is -2.03. The summed E-state index contributed by atoms with van der Waals surface area (Å²) in [5.74, 6) is 1.01. The standard InChI is InChI=1S/C14H22N4S2/c1-6-10-16-11(9(4)5)12(19-10)13-17-18-14(20-13)15-7-8(2)3/h8-9H,6-7H2,1-5H3,(H,15,18). The molecule has 0 saturated heterocycles. The molecule has 0 spiro atoms. The van der Waals surface area contributed by atoms with E-state index in [0.717, 1.165) is 28.8 Å². The van der Waals surface area contributed by atoms with Crippen molar-refractivity contribution in [3.8, 4) is 9.88 Å². The molecule has 1 N–H and O–H groups in total. The average molecular weight is 310 g/mol. The first-order chi connectivity index (χ1) is 9.51. The second-order valence-corrected chi connectivity index (χ2v) is 7.58. The van der Waals surface area contributed by atoms with Crippen molar-refractivity contribution in [1.29, 1.82) is 0 Å². The fourth-order valence-corrected chi connectivity index (χ4v) is 3.74.